The molecule has 0 saturated carbocycles. The van der Waals surface area contributed by atoms with Gasteiger partial charge >= 0.3 is 5.97 Å². The summed E-state index contributed by atoms with van der Waals surface area (Å²) in [5, 5.41) is 54.0. The van der Waals surface area contributed by atoms with Crippen LogP contribution in [0.25, 0.3) is 0 Å². The van der Waals surface area contributed by atoms with E-state index < -0.39 is 71.7 Å². The van der Waals surface area contributed by atoms with Crippen molar-refractivity contribution in [2.75, 3.05) is 6.61 Å². The summed E-state index contributed by atoms with van der Waals surface area (Å²) in [5.74, 6) is -3.82. The number of rotatable bonds is 10. The second kappa shape index (κ2) is 17.0. The van der Waals surface area contributed by atoms with Gasteiger partial charge in [-0.25, -0.2) is 4.79 Å². The maximum atomic E-state index is 11.6. The van der Waals surface area contributed by atoms with Crippen molar-refractivity contribution < 1.29 is 63.5 Å². The van der Waals surface area contributed by atoms with Crippen LogP contribution < -0.4 is 0 Å². The van der Waals surface area contributed by atoms with Crippen LogP contribution in [-0.4, -0.2) is 122 Å². The number of hydrogen-bond donors (Lipinski definition) is 5. The van der Waals surface area contributed by atoms with E-state index in [0.29, 0.717) is 56.4 Å². The highest BCUT2D eigenvalue weighted by Crippen LogP contribution is 2.47. The summed E-state index contributed by atoms with van der Waals surface area (Å²) in [6.07, 6.45) is 9.37. The van der Waals surface area contributed by atoms with Crippen LogP contribution in [0.1, 0.15) is 125 Å². The molecule has 57 heavy (non-hydrogen) atoms. The number of carbonyl (C=O) groups is 1. The Bertz CT molecular complexity index is 1510. The normalized spacial score (nSPS) is 45.4. The summed E-state index contributed by atoms with van der Waals surface area (Å²) in [7, 11) is 0. The third-order valence-electron chi connectivity index (χ3n) is 14.0. The largest absolute Gasteiger partial charge is 0.479 e. The zero-order valence-electron chi connectivity index (χ0n) is 34.6. The van der Waals surface area contributed by atoms with Gasteiger partial charge in [-0.15, -0.1) is 0 Å². The molecule has 0 bridgehead atoms. The monoisotopic (exact) mass is 804 g/mol. The van der Waals surface area contributed by atoms with E-state index in [9.17, 15) is 30.3 Å². The average molecular weight is 805 g/mol. The molecular formula is C44H68O13. The first kappa shape index (κ1) is 43.3. The smallest absolute Gasteiger partial charge is 0.335 e. The third-order valence-corrected chi connectivity index (χ3v) is 14.0. The summed E-state index contributed by atoms with van der Waals surface area (Å²) in [6, 6.07) is 0. The molecular weight excluding hydrogens is 736 g/mol. The molecule has 17 atom stereocenters. The number of carboxylic acids is 1. The maximum Gasteiger partial charge on any atom is 0.335 e. The first-order chi connectivity index (χ1) is 26.9. The molecule has 3 spiro atoms. The number of ether oxygens (including phenoxy) is 7. The molecule has 7 aliphatic heterocycles. The quantitative estimate of drug-likeness (QED) is 0.182. The lowest BCUT2D eigenvalue weighted by Gasteiger charge is -2.50. The van der Waals surface area contributed by atoms with Gasteiger partial charge in [0.1, 0.15) is 24.4 Å². The zero-order chi connectivity index (χ0) is 40.9. The second-order valence-electron chi connectivity index (χ2n) is 18.9. The molecule has 13 unspecified atom stereocenters. The molecule has 322 valence electrons. The Kier molecular flexibility index (Phi) is 12.9. The van der Waals surface area contributed by atoms with E-state index in [0.717, 1.165) is 50.7 Å². The van der Waals surface area contributed by atoms with Crippen molar-refractivity contribution in [2.24, 2.45) is 17.8 Å². The summed E-state index contributed by atoms with van der Waals surface area (Å²) < 4.78 is 45.2. The van der Waals surface area contributed by atoms with E-state index in [4.69, 9.17) is 33.2 Å². The van der Waals surface area contributed by atoms with Crippen molar-refractivity contribution >= 4 is 5.97 Å². The van der Waals surface area contributed by atoms with Crippen LogP contribution in [0, 0.1) is 17.8 Å². The fourth-order valence-corrected chi connectivity index (χ4v) is 10.5. The summed E-state index contributed by atoms with van der Waals surface area (Å²) in [4.78, 5) is 11.6. The minimum Gasteiger partial charge on any atom is -0.479 e. The lowest BCUT2D eigenvalue weighted by Crippen LogP contribution is -2.60. The molecule has 7 rings (SSSR count). The van der Waals surface area contributed by atoms with Gasteiger partial charge < -0.3 is 58.7 Å². The minimum absolute atomic E-state index is 0.0423. The van der Waals surface area contributed by atoms with Crippen LogP contribution in [0.4, 0.5) is 0 Å². The number of hydrogen-bond acceptors (Lipinski definition) is 12. The van der Waals surface area contributed by atoms with Gasteiger partial charge in [-0.2, -0.15) is 0 Å². The molecule has 0 radical (unpaired) electrons. The number of fused-ring (bicyclic) bond motifs is 1. The van der Waals surface area contributed by atoms with Crippen molar-refractivity contribution in [3.05, 3.63) is 36.0 Å². The third kappa shape index (κ3) is 9.15. The van der Waals surface area contributed by atoms with Gasteiger partial charge in [-0.05, 0) is 95.1 Å². The first-order valence-corrected chi connectivity index (χ1v) is 21.7. The van der Waals surface area contributed by atoms with Crippen LogP contribution in [0.3, 0.4) is 0 Å². The Labute approximate surface area is 337 Å². The fraction of sp³-hybridized carbons (Fsp3) is 0.841. The van der Waals surface area contributed by atoms with Crippen LogP contribution >= 0.6 is 0 Å². The Morgan fingerprint density at radius 2 is 1.75 bits per heavy atom. The lowest BCUT2D eigenvalue weighted by atomic mass is 9.79. The molecule has 0 aromatic carbocycles. The van der Waals surface area contributed by atoms with Crippen molar-refractivity contribution in [3.8, 4) is 0 Å². The van der Waals surface area contributed by atoms with Crippen LogP contribution in [0.5, 0.6) is 0 Å². The molecule has 0 aromatic rings. The second-order valence-corrected chi connectivity index (χ2v) is 18.9. The molecule has 13 nitrogen and oxygen atoms in total. The molecule has 6 saturated heterocycles. The molecule has 7 aliphatic rings. The van der Waals surface area contributed by atoms with E-state index in [2.05, 4.69) is 26.5 Å². The van der Waals surface area contributed by atoms with E-state index in [1.165, 1.54) is 6.92 Å². The highest BCUT2D eigenvalue weighted by Gasteiger charge is 2.55. The predicted octanol–water partition coefficient (Wildman–Crippen LogP) is 5.21. The maximum absolute atomic E-state index is 11.6. The van der Waals surface area contributed by atoms with Crippen LogP contribution in [-0.2, 0) is 38.0 Å². The van der Waals surface area contributed by atoms with Crippen molar-refractivity contribution in [3.63, 3.8) is 0 Å². The lowest BCUT2D eigenvalue weighted by molar-refractivity contribution is -0.321. The van der Waals surface area contributed by atoms with E-state index in [1.807, 2.05) is 19.9 Å². The average Bonchev–Trinajstić information content (AvgIpc) is 3.56. The summed E-state index contributed by atoms with van der Waals surface area (Å²) >= 11 is 0. The van der Waals surface area contributed by atoms with Gasteiger partial charge in [-0.1, -0.05) is 45.1 Å². The molecule has 13 heteroatoms. The number of aliphatic hydroxyl groups excluding tert-OH is 3. The zero-order valence-corrected chi connectivity index (χ0v) is 34.6. The standard InChI is InChI=1S/C44H68O13/c1-25-21-34(55-44(23-25)35(46)12-11-31(54-44)24-41(6,50)40(48)49)26(2)9-10-30-14-18-43(53-30)19-15-33-39(57-43)36(47)29(5)38(52-33)32(45)22-28(4)37-27(3)13-17-42(56-37)16-7-8-20-51-42/h9-10,23,26-28,30-39,45-47,50H,5,7-8,11-22,24H2,1-4,6H3,(H,48,49)/t26?,27?,28?,30?,31?,32?,33?,34?,35?,36?,37?,38?,39?,41-,42+,43-,44-/m1/s1. The number of aliphatic hydroxyl groups is 4. The minimum atomic E-state index is -1.96. The Morgan fingerprint density at radius 3 is 2.49 bits per heavy atom. The van der Waals surface area contributed by atoms with E-state index >= 15 is 0 Å². The molecule has 6 fully saturated rings. The van der Waals surface area contributed by atoms with Crippen molar-refractivity contribution in [1.82, 2.24) is 0 Å². The fourth-order valence-electron chi connectivity index (χ4n) is 10.5. The first-order valence-electron chi connectivity index (χ1n) is 21.7. The SMILES string of the molecule is C=C1C(O)C2O[C@]3(CCC(C=CC(C)C4CC(C)=C[C@@]5(OC(C[C@@](C)(O)C(=O)O)CCC5O)O4)O3)CCC2OC1C(O)CC(C)C1O[C@@]2(CCCCO2)CCC1C. The topological polar surface area (TPSA) is 183 Å². The Balaban J connectivity index is 0.920. The Hall–Kier alpha value is -1.75. The number of carboxylic acid groups (broad SMARTS) is 1. The van der Waals surface area contributed by atoms with Gasteiger partial charge in [0.25, 0.3) is 0 Å². The molecule has 5 N–H and O–H groups in total. The highest BCUT2D eigenvalue weighted by molar-refractivity contribution is 5.76. The van der Waals surface area contributed by atoms with Gasteiger partial charge in [0.2, 0.25) is 5.79 Å². The van der Waals surface area contributed by atoms with Gasteiger partial charge in [-0.3, -0.25) is 0 Å². The number of aliphatic carboxylic acids is 1. The van der Waals surface area contributed by atoms with E-state index in [1.54, 1.807) is 6.08 Å². The van der Waals surface area contributed by atoms with Crippen LogP contribution in [0.2, 0.25) is 0 Å². The van der Waals surface area contributed by atoms with E-state index in [-0.39, 0.29) is 36.6 Å². The summed E-state index contributed by atoms with van der Waals surface area (Å²) in [5.41, 5.74) is -0.551. The molecule has 0 aromatic heterocycles. The molecule has 0 aliphatic carbocycles. The van der Waals surface area contributed by atoms with Crippen molar-refractivity contribution in [2.45, 2.75) is 209 Å². The highest BCUT2D eigenvalue weighted by atomic mass is 16.7. The Morgan fingerprint density at radius 1 is 1.00 bits per heavy atom. The van der Waals surface area contributed by atoms with Crippen LogP contribution in [0.15, 0.2) is 36.0 Å². The van der Waals surface area contributed by atoms with Gasteiger partial charge in [0, 0.05) is 38.0 Å². The molecule has 7 heterocycles. The predicted molar refractivity (Wildman–Crippen MR) is 208 cm³/mol. The molecule has 0 amide bonds. The summed E-state index contributed by atoms with van der Waals surface area (Å²) in [6.45, 7) is 14.5. The van der Waals surface area contributed by atoms with Gasteiger partial charge in [0.15, 0.2) is 17.2 Å². The van der Waals surface area contributed by atoms with Crippen molar-refractivity contribution in [1.29, 1.82) is 0 Å². The van der Waals surface area contributed by atoms with Gasteiger partial charge in [0.05, 0.1) is 43.2 Å².